The summed E-state index contributed by atoms with van der Waals surface area (Å²) in [6, 6.07) is 21.8. The van der Waals surface area contributed by atoms with Gasteiger partial charge in [-0.2, -0.15) is 0 Å². The predicted molar refractivity (Wildman–Crippen MR) is 135 cm³/mol. The highest BCUT2D eigenvalue weighted by molar-refractivity contribution is 6.04. The van der Waals surface area contributed by atoms with Crippen LogP contribution in [0.1, 0.15) is 16.8 Å². The highest BCUT2D eigenvalue weighted by Crippen LogP contribution is 2.27. The van der Waals surface area contributed by atoms with Crippen LogP contribution < -0.4 is 20.5 Å². The molecule has 1 heterocycles. The minimum Gasteiger partial charge on any atom is -0.476 e. The summed E-state index contributed by atoms with van der Waals surface area (Å²) in [6.45, 7) is 3.74. The second kappa shape index (κ2) is 11.0. The van der Waals surface area contributed by atoms with Crippen LogP contribution in [0.15, 0.2) is 72.8 Å². The van der Waals surface area contributed by atoms with Crippen molar-refractivity contribution in [3.63, 3.8) is 0 Å². The van der Waals surface area contributed by atoms with Gasteiger partial charge in [0.15, 0.2) is 0 Å². The Morgan fingerprint density at radius 2 is 1.88 bits per heavy atom. The molecule has 1 aliphatic rings. The Balaban J connectivity index is 1.31. The Bertz CT molecular complexity index is 1110. The molecular formula is C27H32N4O3. The van der Waals surface area contributed by atoms with Gasteiger partial charge in [0, 0.05) is 24.3 Å². The molecule has 3 aromatic carbocycles. The molecule has 0 radical (unpaired) electrons. The van der Waals surface area contributed by atoms with Gasteiger partial charge in [-0.15, -0.1) is 0 Å². The fraction of sp³-hybridized carbons (Fsp3) is 0.296. The van der Waals surface area contributed by atoms with Crippen molar-refractivity contribution in [1.29, 1.82) is 0 Å². The molecule has 4 rings (SSSR count). The summed E-state index contributed by atoms with van der Waals surface area (Å²) in [5.41, 5.74) is 7.77. The third-order valence-electron chi connectivity index (χ3n) is 5.84. The van der Waals surface area contributed by atoms with E-state index >= 15 is 0 Å². The van der Waals surface area contributed by atoms with Crippen molar-refractivity contribution in [3.05, 3.63) is 78.4 Å². The first kappa shape index (κ1) is 23.6. The van der Waals surface area contributed by atoms with E-state index in [9.17, 15) is 4.79 Å². The Morgan fingerprint density at radius 1 is 1.09 bits per heavy atom. The number of hydrogen-bond donors (Lipinski definition) is 2. The molecule has 0 aliphatic carbocycles. The standard InChI is InChI=1S/C27H32N4O3/c1-30-14-13-20(17-30)18-31(2)19-33-26-12-11-22(16-25(26)28)29-27(32)21-7-6-10-24(15-21)34-23-8-4-3-5-9-23/h3-12,15-16,20H,13-14,17-19,28H2,1-2H3,(H,29,32). The number of nitrogens with two attached hydrogens (primary N) is 1. The maximum absolute atomic E-state index is 12.8. The number of benzene rings is 3. The second-order valence-corrected chi connectivity index (χ2v) is 8.88. The fourth-order valence-corrected chi connectivity index (χ4v) is 4.13. The molecule has 0 bridgehead atoms. The van der Waals surface area contributed by atoms with Crippen LogP contribution in [0.5, 0.6) is 17.2 Å². The number of anilines is 2. The van der Waals surface area contributed by atoms with Gasteiger partial charge in [0.1, 0.15) is 24.0 Å². The monoisotopic (exact) mass is 460 g/mol. The molecule has 1 atom stereocenters. The normalized spacial score (nSPS) is 15.9. The quantitative estimate of drug-likeness (QED) is 0.361. The van der Waals surface area contributed by atoms with E-state index in [1.54, 1.807) is 36.4 Å². The van der Waals surface area contributed by atoms with Gasteiger partial charge in [0.05, 0.1) is 5.69 Å². The van der Waals surface area contributed by atoms with Crippen molar-refractivity contribution in [1.82, 2.24) is 9.80 Å². The second-order valence-electron chi connectivity index (χ2n) is 8.88. The Kier molecular flexibility index (Phi) is 7.67. The third kappa shape index (κ3) is 6.50. The number of amides is 1. The van der Waals surface area contributed by atoms with E-state index in [1.807, 2.05) is 36.4 Å². The molecule has 34 heavy (non-hydrogen) atoms. The molecule has 0 spiro atoms. The van der Waals surface area contributed by atoms with E-state index in [4.69, 9.17) is 15.2 Å². The highest BCUT2D eigenvalue weighted by atomic mass is 16.5. The van der Waals surface area contributed by atoms with Crippen molar-refractivity contribution in [2.75, 3.05) is 51.5 Å². The predicted octanol–water partition coefficient (Wildman–Crippen LogP) is 4.53. The maximum atomic E-state index is 12.8. The molecule has 178 valence electrons. The van der Waals surface area contributed by atoms with E-state index in [0.717, 1.165) is 19.6 Å². The third-order valence-corrected chi connectivity index (χ3v) is 5.84. The van der Waals surface area contributed by atoms with Crippen LogP contribution in [0.2, 0.25) is 0 Å². The van der Waals surface area contributed by atoms with Crippen LogP contribution in [-0.4, -0.2) is 56.2 Å². The summed E-state index contributed by atoms with van der Waals surface area (Å²) in [7, 11) is 4.21. The van der Waals surface area contributed by atoms with Gasteiger partial charge < -0.3 is 25.4 Å². The van der Waals surface area contributed by atoms with Crippen LogP contribution in [-0.2, 0) is 0 Å². The lowest BCUT2D eigenvalue weighted by molar-refractivity contribution is 0.102. The summed E-state index contributed by atoms with van der Waals surface area (Å²) in [5.74, 6) is 2.34. The average Bonchev–Trinajstić information content (AvgIpc) is 3.23. The lowest BCUT2D eigenvalue weighted by atomic mass is 10.1. The van der Waals surface area contributed by atoms with Crippen LogP contribution in [0.25, 0.3) is 0 Å². The highest BCUT2D eigenvalue weighted by Gasteiger charge is 2.20. The molecule has 1 amide bonds. The van der Waals surface area contributed by atoms with Gasteiger partial charge in [0.2, 0.25) is 0 Å². The largest absolute Gasteiger partial charge is 0.476 e. The van der Waals surface area contributed by atoms with Crippen LogP contribution >= 0.6 is 0 Å². The Morgan fingerprint density at radius 3 is 2.62 bits per heavy atom. The first-order valence-electron chi connectivity index (χ1n) is 11.5. The van der Waals surface area contributed by atoms with Crippen molar-refractivity contribution in [2.24, 2.45) is 5.92 Å². The molecule has 1 unspecified atom stereocenters. The minimum absolute atomic E-state index is 0.243. The van der Waals surface area contributed by atoms with Crippen molar-refractivity contribution >= 4 is 17.3 Å². The molecule has 1 fully saturated rings. The smallest absolute Gasteiger partial charge is 0.255 e. The zero-order valence-corrected chi connectivity index (χ0v) is 19.7. The molecule has 0 saturated carbocycles. The van der Waals surface area contributed by atoms with Crippen LogP contribution in [0.3, 0.4) is 0 Å². The summed E-state index contributed by atoms with van der Waals surface area (Å²) in [5, 5.41) is 2.89. The number of ether oxygens (including phenoxy) is 2. The molecule has 1 aliphatic heterocycles. The molecule has 7 nitrogen and oxygen atoms in total. The average molecular weight is 461 g/mol. The number of nitrogens with one attached hydrogen (secondary N) is 1. The fourth-order valence-electron chi connectivity index (χ4n) is 4.13. The number of para-hydroxylation sites is 1. The molecule has 0 aromatic heterocycles. The minimum atomic E-state index is -0.243. The van der Waals surface area contributed by atoms with Gasteiger partial charge in [-0.3, -0.25) is 9.69 Å². The first-order chi connectivity index (χ1) is 16.5. The van der Waals surface area contributed by atoms with Crippen molar-refractivity contribution in [3.8, 4) is 17.2 Å². The van der Waals surface area contributed by atoms with Gasteiger partial charge in [-0.25, -0.2) is 0 Å². The van der Waals surface area contributed by atoms with Gasteiger partial charge in [-0.05, 0) is 81.5 Å². The number of carbonyl (C=O) groups excluding carboxylic acids is 1. The van der Waals surface area contributed by atoms with Gasteiger partial charge >= 0.3 is 0 Å². The van der Waals surface area contributed by atoms with Crippen LogP contribution in [0.4, 0.5) is 11.4 Å². The van der Waals surface area contributed by atoms with Crippen molar-refractivity contribution in [2.45, 2.75) is 6.42 Å². The Labute approximate surface area is 201 Å². The summed E-state index contributed by atoms with van der Waals surface area (Å²) in [4.78, 5) is 17.3. The van der Waals surface area contributed by atoms with E-state index in [-0.39, 0.29) is 5.91 Å². The van der Waals surface area contributed by atoms with Crippen LogP contribution in [0, 0.1) is 5.92 Å². The van der Waals surface area contributed by atoms with Gasteiger partial charge in [0.25, 0.3) is 5.91 Å². The SMILES string of the molecule is CN1CCC(CN(C)COc2ccc(NC(=O)c3cccc(Oc4ccccc4)c3)cc2N)C1. The van der Waals surface area contributed by atoms with E-state index in [1.165, 1.54) is 6.42 Å². The zero-order chi connectivity index (χ0) is 23.9. The lowest BCUT2D eigenvalue weighted by Gasteiger charge is -2.21. The lowest BCUT2D eigenvalue weighted by Crippen LogP contribution is -2.30. The number of nitrogen functional groups attached to an aromatic ring is 1. The number of rotatable bonds is 9. The summed E-state index contributed by atoms with van der Waals surface area (Å²) >= 11 is 0. The Hall–Kier alpha value is -3.55. The zero-order valence-electron chi connectivity index (χ0n) is 19.7. The topological polar surface area (TPSA) is 80.1 Å². The maximum Gasteiger partial charge on any atom is 0.255 e. The summed E-state index contributed by atoms with van der Waals surface area (Å²) < 4.78 is 11.7. The van der Waals surface area contributed by atoms with Gasteiger partial charge in [-0.1, -0.05) is 24.3 Å². The number of nitrogens with zero attached hydrogens (tertiary/aromatic N) is 2. The summed E-state index contributed by atoms with van der Waals surface area (Å²) in [6.07, 6.45) is 1.22. The number of likely N-dealkylation sites (tertiary alicyclic amines) is 1. The number of carbonyl (C=O) groups is 1. The molecule has 3 N–H and O–H groups in total. The molecule has 7 heteroatoms. The molecular weight excluding hydrogens is 428 g/mol. The van der Waals surface area contributed by atoms with E-state index < -0.39 is 0 Å². The van der Waals surface area contributed by atoms with E-state index in [2.05, 4.69) is 29.2 Å². The molecule has 3 aromatic rings. The first-order valence-corrected chi connectivity index (χ1v) is 11.5. The van der Waals surface area contributed by atoms with Crippen molar-refractivity contribution < 1.29 is 14.3 Å². The van der Waals surface area contributed by atoms with E-state index in [0.29, 0.717) is 46.8 Å². The number of hydrogen-bond acceptors (Lipinski definition) is 6. The molecule has 1 saturated heterocycles.